The van der Waals surface area contributed by atoms with Gasteiger partial charge in [-0.15, -0.1) is 0 Å². The average molecular weight is 544 g/mol. The zero-order valence-corrected chi connectivity index (χ0v) is 14.6. The molecular formula is C10H4F12MoO6. The van der Waals surface area contributed by atoms with Gasteiger partial charge in [-0.25, -0.2) is 0 Å². The number of hydrogen-bond donors (Lipinski definition) is 2. The summed E-state index contributed by atoms with van der Waals surface area (Å²) < 4.78 is 153. The maximum atomic E-state index is 11.4. The van der Waals surface area contributed by atoms with E-state index in [2.05, 4.69) is 0 Å². The molecule has 0 fully saturated rings. The predicted octanol–water partition coefficient (Wildman–Crippen LogP) is 4.00. The summed E-state index contributed by atoms with van der Waals surface area (Å²) in [5, 5.41) is 15.9. The van der Waals surface area contributed by atoms with Gasteiger partial charge in [-0.2, -0.15) is 52.7 Å². The van der Waals surface area contributed by atoms with Crippen molar-refractivity contribution in [1.82, 2.24) is 0 Å². The Bertz CT molecular complexity index is 609. The van der Waals surface area contributed by atoms with Crippen molar-refractivity contribution in [2.45, 2.75) is 24.7 Å². The Labute approximate surface area is 158 Å². The van der Waals surface area contributed by atoms with Gasteiger partial charge in [-0.3, -0.25) is 9.59 Å². The quantitative estimate of drug-likeness (QED) is 0.236. The number of halogens is 12. The van der Waals surface area contributed by atoms with Crippen molar-refractivity contribution in [3.05, 3.63) is 23.7 Å². The molecule has 6 nitrogen and oxygen atoms in total. The van der Waals surface area contributed by atoms with E-state index in [0.717, 1.165) is 0 Å². The predicted molar refractivity (Wildman–Crippen MR) is 57.0 cm³/mol. The molecule has 0 aromatic rings. The monoisotopic (exact) mass is 546 g/mol. The molecule has 0 aromatic carbocycles. The van der Waals surface area contributed by atoms with Gasteiger partial charge in [0.2, 0.25) is 11.5 Å². The summed E-state index contributed by atoms with van der Waals surface area (Å²) in [6.45, 7) is 0. The molecular weight excluding hydrogens is 540 g/mol. The number of carbonyl (C=O) groups is 2. The van der Waals surface area contributed by atoms with Gasteiger partial charge in [-0.1, -0.05) is 0 Å². The third kappa shape index (κ3) is 16.5. The van der Waals surface area contributed by atoms with Crippen LogP contribution in [0.3, 0.4) is 0 Å². The number of allylic oxidation sites excluding steroid dienone is 4. The van der Waals surface area contributed by atoms with Crippen LogP contribution in [0.25, 0.3) is 0 Å². The fourth-order valence-electron chi connectivity index (χ4n) is 0.576. The Kier molecular flexibility index (Phi) is 12.8. The summed E-state index contributed by atoms with van der Waals surface area (Å²) in [6.07, 6.45) is -23.4. The number of aliphatic hydroxyl groups excluding tert-OH is 2. The molecule has 0 atom stereocenters. The Morgan fingerprint density at radius 1 is 0.552 bits per heavy atom. The van der Waals surface area contributed by atoms with E-state index in [1.54, 1.807) is 0 Å². The molecule has 0 saturated carbocycles. The van der Waals surface area contributed by atoms with Crippen LogP contribution < -0.4 is 0 Å². The fraction of sp³-hybridized carbons (Fsp3) is 0.400. The van der Waals surface area contributed by atoms with Crippen LogP contribution in [-0.4, -0.2) is 46.5 Å². The van der Waals surface area contributed by atoms with E-state index in [1.165, 1.54) is 0 Å². The Morgan fingerprint density at radius 3 is 0.828 bits per heavy atom. The van der Waals surface area contributed by atoms with E-state index in [0.29, 0.717) is 0 Å². The van der Waals surface area contributed by atoms with Crippen LogP contribution in [0, 0.1) is 0 Å². The molecule has 0 bridgehead atoms. The van der Waals surface area contributed by atoms with Gasteiger partial charge >= 0.3 is 50.0 Å². The van der Waals surface area contributed by atoms with Gasteiger partial charge in [-0.05, 0) is 0 Å². The molecule has 0 unspecified atom stereocenters. The third-order valence-corrected chi connectivity index (χ3v) is 1.68. The van der Waals surface area contributed by atoms with Crippen LogP contribution in [0.5, 0.6) is 0 Å². The maximum absolute atomic E-state index is 11.4. The average Bonchev–Trinajstić information content (AvgIpc) is 2.44. The SMILES string of the molecule is O=C(/C=C(\O)C(F)(F)F)C(F)(F)F.O=C(/C=C(\O)C(F)(F)F)C(F)(F)F.[O]=[Mo]=[O]. The molecule has 29 heavy (non-hydrogen) atoms. The molecule has 0 saturated heterocycles. The number of hydrogen-bond acceptors (Lipinski definition) is 6. The second-order valence-corrected chi connectivity index (χ2v) is 4.18. The first-order chi connectivity index (χ1) is 12.5. The summed E-state index contributed by atoms with van der Waals surface area (Å²) in [7, 11) is 0. The number of carbonyl (C=O) groups excluding carboxylic acids is 2. The van der Waals surface area contributed by atoms with Crippen LogP contribution >= 0.6 is 0 Å². The van der Waals surface area contributed by atoms with Crippen molar-refractivity contribution in [2.75, 3.05) is 0 Å². The Hall–Kier alpha value is -2.13. The molecule has 0 aliphatic carbocycles. The molecule has 0 aromatic heterocycles. The molecule has 0 heterocycles. The van der Waals surface area contributed by atoms with E-state index >= 15 is 0 Å². The van der Waals surface area contributed by atoms with Gasteiger partial charge in [0.25, 0.3) is 11.6 Å². The molecule has 0 rings (SSSR count). The first-order valence-corrected chi connectivity index (χ1v) is 7.25. The van der Waals surface area contributed by atoms with E-state index in [1.807, 2.05) is 0 Å². The third-order valence-electron chi connectivity index (χ3n) is 1.68. The summed E-state index contributed by atoms with van der Waals surface area (Å²) >= 11 is -2.03. The number of alkyl halides is 12. The van der Waals surface area contributed by atoms with E-state index in [4.69, 9.17) is 17.0 Å². The molecule has 0 aliphatic rings. The van der Waals surface area contributed by atoms with Gasteiger partial charge in [0.05, 0.1) is 0 Å². The van der Waals surface area contributed by atoms with Crippen molar-refractivity contribution in [1.29, 1.82) is 0 Å². The number of ketones is 2. The minimum atomic E-state index is -5.42. The summed E-state index contributed by atoms with van der Waals surface area (Å²) in [6, 6.07) is 0. The molecule has 170 valence electrons. The fourth-order valence-corrected chi connectivity index (χ4v) is 0.576. The zero-order valence-electron chi connectivity index (χ0n) is 12.6. The second-order valence-electron chi connectivity index (χ2n) is 3.85. The van der Waals surface area contributed by atoms with E-state index in [-0.39, 0.29) is 0 Å². The molecule has 19 heteroatoms. The van der Waals surface area contributed by atoms with Crippen LogP contribution in [0.15, 0.2) is 23.7 Å². The van der Waals surface area contributed by atoms with Crippen LogP contribution in [-0.2, 0) is 34.9 Å². The van der Waals surface area contributed by atoms with E-state index < -0.39 is 78.4 Å². The summed E-state index contributed by atoms with van der Waals surface area (Å²) in [5.74, 6) is -10.7. The van der Waals surface area contributed by atoms with Crippen molar-refractivity contribution in [2.24, 2.45) is 0 Å². The van der Waals surface area contributed by atoms with E-state index in [9.17, 15) is 62.3 Å². The number of rotatable bonds is 2. The number of aliphatic hydroxyl groups is 2. The van der Waals surface area contributed by atoms with Crippen LogP contribution in [0.2, 0.25) is 0 Å². The van der Waals surface area contributed by atoms with Gasteiger partial charge in [0, 0.05) is 12.2 Å². The molecule has 0 aliphatic heterocycles. The Morgan fingerprint density at radius 2 is 0.724 bits per heavy atom. The second kappa shape index (κ2) is 11.8. The van der Waals surface area contributed by atoms with Crippen molar-refractivity contribution in [3.63, 3.8) is 0 Å². The van der Waals surface area contributed by atoms with Gasteiger partial charge in [0.15, 0.2) is 0 Å². The molecule has 0 radical (unpaired) electrons. The van der Waals surface area contributed by atoms with Crippen LogP contribution in [0.4, 0.5) is 52.7 Å². The summed E-state index contributed by atoms with van der Waals surface area (Å²) in [4.78, 5) is 19.7. The first kappa shape index (κ1) is 31.6. The topological polar surface area (TPSA) is 109 Å². The molecule has 2 N–H and O–H groups in total. The van der Waals surface area contributed by atoms with Gasteiger partial charge < -0.3 is 10.2 Å². The Balaban J connectivity index is -0.000000410. The minimum absolute atomic E-state index is 0.917. The normalized spacial score (nSPS) is 13.4. The van der Waals surface area contributed by atoms with Crippen molar-refractivity contribution < 1.29 is 97.8 Å². The van der Waals surface area contributed by atoms with Gasteiger partial charge in [0.1, 0.15) is 0 Å². The van der Waals surface area contributed by atoms with Crippen LogP contribution in [0.1, 0.15) is 0 Å². The standard InChI is InChI=1S/2C5H2F6O2.Mo.2O/c2*6-4(7,8)2(12)1-3(13)5(9,10)11;;;/h2*1,12H;;;/b2*2-1-;;;. The summed E-state index contributed by atoms with van der Waals surface area (Å²) in [5.41, 5.74) is 0. The van der Waals surface area contributed by atoms with Crippen molar-refractivity contribution in [3.8, 4) is 0 Å². The van der Waals surface area contributed by atoms with Crippen molar-refractivity contribution >= 4 is 11.6 Å². The first-order valence-electron chi connectivity index (χ1n) is 5.61. The molecule has 0 amide bonds. The zero-order chi connectivity index (χ0) is 24.4. The molecule has 0 spiro atoms.